The van der Waals surface area contributed by atoms with Crippen LogP contribution in [0.25, 0.3) is 0 Å². The van der Waals surface area contributed by atoms with Gasteiger partial charge < -0.3 is 0 Å². The number of aromatic nitrogens is 2. The topological polar surface area (TPSA) is 54.7 Å². The van der Waals surface area contributed by atoms with Crippen molar-refractivity contribution in [2.75, 3.05) is 0 Å². The van der Waals surface area contributed by atoms with Gasteiger partial charge in [-0.05, 0) is 0 Å². The summed E-state index contributed by atoms with van der Waals surface area (Å²) in [7, 11) is 0. The fraction of sp³-hybridized carbons (Fsp3) is 0. The molecular formula is C3H5N3Se. The van der Waals surface area contributed by atoms with Crippen molar-refractivity contribution < 1.29 is 0 Å². The van der Waals surface area contributed by atoms with Gasteiger partial charge >= 0.3 is 47.0 Å². The molecule has 0 unspecified atom stereocenters. The zero-order chi connectivity index (χ0) is 5.11. The van der Waals surface area contributed by atoms with E-state index in [2.05, 4.69) is 10.2 Å². The summed E-state index contributed by atoms with van der Waals surface area (Å²) in [6.07, 6.45) is 1.70. The summed E-state index contributed by atoms with van der Waals surface area (Å²) in [5.41, 5.74) is 0. The van der Waals surface area contributed by atoms with E-state index < -0.39 is 0 Å². The molecule has 0 aliphatic rings. The zero-order valence-electron chi connectivity index (χ0n) is 3.59. The van der Waals surface area contributed by atoms with Crippen molar-refractivity contribution in [3.63, 3.8) is 0 Å². The normalized spacial score (nSPS) is 9.29. The molecule has 0 bridgehead atoms. The van der Waals surface area contributed by atoms with E-state index >= 15 is 0 Å². The first-order valence-electron chi connectivity index (χ1n) is 1.79. The summed E-state index contributed by atoms with van der Waals surface area (Å²) in [4.78, 5) is 0. The van der Waals surface area contributed by atoms with Gasteiger partial charge in [-0.2, -0.15) is 0 Å². The molecule has 0 spiro atoms. The Kier molecular flexibility index (Phi) is 1.46. The Hall–Kier alpha value is -0.311. The quantitative estimate of drug-likeness (QED) is 0.499. The molecule has 38 valence electrons. The van der Waals surface area contributed by atoms with Gasteiger partial charge in [-0.3, -0.25) is 0 Å². The van der Waals surface area contributed by atoms with Crippen LogP contribution in [0.2, 0.25) is 0 Å². The van der Waals surface area contributed by atoms with E-state index in [1.165, 1.54) is 0 Å². The molecule has 1 aromatic rings. The second-order valence-corrected chi connectivity index (χ2v) is 2.46. The molecule has 4 heteroatoms. The second-order valence-electron chi connectivity index (χ2n) is 1.04. The van der Waals surface area contributed by atoms with E-state index in [4.69, 9.17) is 4.75 Å². The third-order valence-corrected chi connectivity index (χ3v) is 1.61. The first kappa shape index (κ1) is 4.84. The first-order chi connectivity index (χ1) is 3.43. The summed E-state index contributed by atoms with van der Waals surface area (Å²) in [5, 5.41) is 6.44. The summed E-state index contributed by atoms with van der Waals surface area (Å²) < 4.78 is 6.32. The number of hydrogen-bond acceptors (Lipinski definition) is 2. The fourth-order valence-corrected chi connectivity index (χ4v) is 0.822. The van der Waals surface area contributed by atoms with E-state index in [9.17, 15) is 0 Å². The van der Waals surface area contributed by atoms with Crippen LogP contribution >= 0.6 is 0 Å². The van der Waals surface area contributed by atoms with Crippen LogP contribution in [0.4, 0.5) is 0 Å². The predicted molar refractivity (Wildman–Crippen MR) is 28.2 cm³/mol. The molecule has 0 aromatic carbocycles. The van der Waals surface area contributed by atoms with Gasteiger partial charge in [-0.1, -0.05) is 0 Å². The van der Waals surface area contributed by atoms with E-state index in [1.54, 1.807) is 6.20 Å². The van der Waals surface area contributed by atoms with E-state index in [0.717, 1.165) is 4.59 Å². The van der Waals surface area contributed by atoms with Gasteiger partial charge in [0.25, 0.3) is 0 Å². The van der Waals surface area contributed by atoms with Crippen molar-refractivity contribution in [1.82, 2.24) is 10.2 Å². The van der Waals surface area contributed by atoms with Gasteiger partial charge in [-0.25, -0.2) is 0 Å². The average molecular weight is 162 g/mol. The molecule has 3 nitrogen and oxygen atoms in total. The number of nitrogens with one attached hydrogen (secondary N) is 1. The van der Waals surface area contributed by atoms with Crippen LogP contribution in [0.5, 0.6) is 0 Å². The molecule has 0 aliphatic heterocycles. The molecular weight excluding hydrogens is 157 g/mol. The Morgan fingerprint density at radius 1 is 1.86 bits per heavy atom. The number of aromatic amines is 1. The van der Waals surface area contributed by atoms with Crippen LogP contribution in [-0.2, 0) is 0 Å². The molecule has 0 saturated heterocycles. The van der Waals surface area contributed by atoms with Crippen molar-refractivity contribution in [2.24, 2.45) is 4.75 Å². The summed E-state index contributed by atoms with van der Waals surface area (Å²) in [6.45, 7) is 0. The van der Waals surface area contributed by atoms with Crippen molar-refractivity contribution in [1.29, 1.82) is 0 Å². The molecule has 7 heavy (non-hydrogen) atoms. The Bertz CT molecular complexity index is 125. The Labute approximate surface area is 47.7 Å². The molecule has 1 heterocycles. The molecule has 0 radical (unpaired) electrons. The van der Waals surface area contributed by atoms with Gasteiger partial charge in [0.2, 0.25) is 0 Å². The summed E-state index contributed by atoms with van der Waals surface area (Å²) in [6, 6.07) is 1.88. The Morgan fingerprint density at radius 2 is 2.71 bits per heavy atom. The maximum atomic E-state index is 5.29. The first-order valence-corrected chi connectivity index (χ1v) is 3.64. The second kappa shape index (κ2) is 2.12. The van der Waals surface area contributed by atoms with Crippen LogP contribution in [0, 0.1) is 0 Å². The van der Waals surface area contributed by atoms with Gasteiger partial charge in [0.1, 0.15) is 0 Å². The van der Waals surface area contributed by atoms with Crippen molar-refractivity contribution >= 4 is 19.8 Å². The number of nitrogens with two attached hydrogens (primary N) is 1. The third-order valence-electron chi connectivity index (χ3n) is 0.602. The molecule has 3 N–H and O–H groups in total. The van der Waals surface area contributed by atoms with Crippen LogP contribution in [0.15, 0.2) is 12.3 Å². The number of rotatable bonds is 1. The van der Waals surface area contributed by atoms with E-state index in [1.807, 2.05) is 6.07 Å². The Balaban J connectivity index is 2.76. The third kappa shape index (κ3) is 1.03. The predicted octanol–water partition coefficient (Wildman–Crippen LogP) is -1.39. The molecule has 0 saturated carbocycles. The SMILES string of the molecule is N[Se]c1ccn[nH]1. The van der Waals surface area contributed by atoms with E-state index in [0.29, 0.717) is 0 Å². The molecule has 0 aliphatic carbocycles. The average Bonchev–Trinajstić information content (AvgIpc) is 2.14. The molecule has 1 aromatic heterocycles. The summed E-state index contributed by atoms with van der Waals surface area (Å²) in [5.74, 6) is 0. The zero-order valence-corrected chi connectivity index (χ0v) is 5.30. The van der Waals surface area contributed by atoms with E-state index in [-0.39, 0.29) is 15.2 Å². The number of nitrogens with zero attached hydrogens (tertiary/aromatic N) is 1. The van der Waals surface area contributed by atoms with Crippen LogP contribution < -0.4 is 9.34 Å². The molecule has 0 fully saturated rings. The van der Waals surface area contributed by atoms with Gasteiger partial charge in [-0.15, -0.1) is 0 Å². The summed E-state index contributed by atoms with van der Waals surface area (Å²) >= 11 is 0.0799. The molecule has 0 amide bonds. The maximum absolute atomic E-state index is 5.29. The minimum atomic E-state index is 0.0799. The van der Waals surface area contributed by atoms with Crippen LogP contribution in [-0.4, -0.2) is 25.4 Å². The standard InChI is InChI=1S/C3H5N3Se/c4-7-3-1-2-5-6-3/h1-2H,4H2,(H,5,6). The van der Waals surface area contributed by atoms with Gasteiger partial charge in [0, 0.05) is 0 Å². The van der Waals surface area contributed by atoms with Crippen molar-refractivity contribution in [3.8, 4) is 0 Å². The fourth-order valence-electron chi connectivity index (χ4n) is 0.309. The monoisotopic (exact) mass is 163 g/mol. The van der Waals surface area contributed by atoms with Crippen molar-refractivity contribution in [2.45, 2.75) is 0 Å². The van der Waals surface area contributed by atoms with Crippen molar-refractivity contribution in [3.05, 3.63) is 12.3 Å². The molecule has 0 atom stereocenters. The molecule has 1 rings (SSSR count). The Morgan fingerprint density at radius 3 is 3.00 bits per heavy atom. The van der Waals surface area contributed by atoms with Crippen LogP contribution in [0.1, 0.15) is 0 Å². The number of hydrogen-bond donors (Lipinski definition) is 2. The number of H-pyrrole nitrogens is 1. The minimum absolute atomic E-state index is 0.0799. The van der Waals surface area contributed by atoms with Gasteiger partial charge in [0.05, 0.1) is 0 Å². The van der Waals surface area contributed by atoms with Gasteiger partial charge in [0.15, 0.2) is 0 Å². The van der Waals surface area contributed by atoms with Crippen LogP contribution in [0.3, 0.4) is 0 Å².